The third kappa shape index (κ3) is 3.85. The molecule has 0 bridgehead atoms. The van der Waals surface area contributed by atoms with Gasteiger partial charge in [0.05, 0.1) is 11.6 Å². The summed E-state index contributed by atoms with van der Waals surface area (Å²) >= 11 is 6.46. The number of aromatic nitrogens is 2. The molecule has 2 heterocycles. The van der Waals surface area contributed by atoms with Crippen LogP contribution in [0.4, 0.5) is 5.82 Å². The van der Waals surface area contributed by atoms with E-state index >= 15 is 0 Å². The second kappa shape index (κ2) is 7.34. The molecule has 1 amide bonds. The van der Waals surface area contributed by atoms with Crippen LogP contribution in [0.3, 0.4) is 0 Å². The molecule has 0 aliphatic carbocycles. The number of aromatic amines is 1. The second-order valence-electron chi connectivity index (χ2n) is 5.23. The van der Waals surface area contributed by atoms with E-state index in [9.17, 15) is 4.79 Å². The molecule has 1 aromatic carbocycles. The zero-order valence-corrected chi connectivity index (χ0v) is 14.3. The molecule has 0 fully saturated rings. The molecule has 5 nitrogen and oxygen atoms in total. The maximum atomic E-state index is 12.3. The SMILES string of the molecule is N#CCCCc1ccc(C(=O)Nc2ccc3[nH]c(=S)sc3n2)cc1. The highest BCUT2D eigenvalue weighted by molar-refractivity contribution is 7.73. The number of unbranched alkanes of at least 4 members (excludes halogenated alkanes) is 1. The van der Waals surface area contributed by atoms with Crippen molar-refractivity contribution in [3.8, 4) is 6.07 Å². The first-order valence-corrected chi connectivity index (χ1v) is 8.65. The van der Waals surface area contributed by atoms with Crippen LogP contribution in [0.25, 0.3) is 10.3 Å². The number of carbonyl (C=O) groups is 1. The van der Waals surface area contributed by atoms with E-state index < -0.39 is 0 Å². The smallest absolute Gasteiger partial charge is 0.256 e. The fourth-order valence-corrected chi connectivity index (χ4v) is 3.35. The Morgan fingerprint density at radius 2 is 2.08 bits per heavy atom. The number of rotatable bonds is 5. The Bertz CT molecular complexity index is 967. The van der Waals surface area contributed by atoms with Crippen molar-refractivity contribution in [1.82, 2.24) is 9.97 Å². The predicted octanol–water partition coefficient (Wildman–Crippen LogP) is 4.45. The van der Waals surface area contributed by atoms with Crippen LogP contribution in [0, 0.1) is 15.3 Å². The first kappa shape index (κ1) is 16.3. The van der Waals surface area contributed by atoms with Crippen LogP contribution in [0.5, 0.6) is 0 Å². The van der Waals surface area contributed by atoms with Crippen LogP contribution < -0.4 is 5.32 Å². The van der Waals surface area contributed by atoms with Crippen LogP contribution in [0.15, 0.2) is 36.4 Å². The summed E-state index contributed by atoms with van der Waals surface area (Å²) < 4.78 is 0.660. The Balaban J connectivity index is 1.69. The van der Waals surface area contributed by atoms with Gasteiger partial charge in [-0.05, 0) is 54.9 Å². The molecule has 0 aliphatic heterocycles. The number of aryl methyl sites for hydroxylation is 1. The third-order valence-electron chi connectivity index (χ3n) is 3.50. The van der Waals surface area contributed by atoms with Crippen LogP contribution in [0.1, 0.15) is 28.8 Å². The fourth-order valence-electron chi connectivity index (χ4n) is 2.29. The molecule has 0 aliphatic rings. The Labute approximate surface area is 148 Å². The van der Waals surface area contributed by atoms with E-state index in [1.54, 1.807) is 18.2 Å². The van der Waals surface area contributed by atoms with Gasteiger partial charge in [-0.25, -0.2) is 4.98 Å². The molecule has 120 valence electrons. The van der Waals surface area contributed by atoms with Gasteiger partial charge in [0.15, 0.2) is 3.95 Å². The summed E-state index contributed by atoms with van der Waals surface area (Å²) in [5.74, 6) is 0.292. The van der Waals surface area contributed by atoms with E-state index in [-0.39, 0.29) is 5.91 Å². The molecule has 0 unspecified atom stereocenters. The number of fused-ring (bicyclic) bond motifs is 1. The number of H-pyrrole nitrogens is 1. The highest BCUT2D eigenvalue weighted by atomic mass is 32.1. The van der Waals surface area contributed by atoms with E-state index in [1.165, 1.54) is 11.3 Å². The first-order valence-electron chi connectivity index (χ1n) is 7.43. The van der Waals surface area contributed by atoms with E-state index in [1.807, 2.05) is 18.2 Å². The van der Waals surface area contributed by atoms with Gasteiger partial charge >= 0.3 is 0 Å². The topological polar surface area (TPSA) is 81.6 Å². The number of nitrogens with one attached hydrogen (secondary N) is 2. The van der Waals surface area contributed by atoms with E-state index in [4.69, 9.17) is 17.5 Å². The molecule has 0 atom stereocenters. The zero-order valence-electron chi connectivity index (χ0n) is 12.7. The maximum absolute atomic E-state index is 12.3. The molecule has 2 aromatic heterocycles. The average molecular weight is 354 g/mol. The number of pyridine rings is 1. The zero-order chi connectivity index (χ0) is 16.9. The highest BCUT2D eigenvalue weighted by Crippen LogP contribution is 2.19. The minimum atomic E-state index is -0.204. The van der Waals surface area contributed by atoms with Crippen molar-refractivity contribution in [2.24, 2.45) is 0 Å². The van der Waals surface area contributed by atoms with E-state index in [0.29, 0.717) is 21.8 Å². The number of nitrogens with zero attached hydrogens (tertiary/aromatic N) is 2. The molecule has 24 heavy (non-hydrogen) atoms. The Morgan fingerprint density at radius 1 is 1.29 bits per heavy atom. The van der Waals surface area contributed by atoms with Crippen molar-refractivity contribution in [2.75, 3.05) is 5.32 Å². The molecule has 0 saturated heterocycles. The van der Waals surface area contributed by atoms with Gasteiger partial charge in [0.25, 0.3) is 5.91 Å². The lowest BCUT2D eigenvalue weighted by Gasteiger charge is -2.05. The number of carbonyl (C=O) groups excluding carboxylic acids is 1. The Kier molecular flexibility index (Phi) is 4.99. The van der Waals surface area contributed by atoms with Gasteiger partial charge < -0.3 is 10.3 Å². The summed E-state index contributed by atoms with van der Waals surface area (Å²) in [7, 11) is 0. The number of nitriles is 1. The molecule has 3 aromatic rings. The molecule has 7 heteroatoms. The van der Waals surface area contributed by atoms with Gasteiger partial charge in [-0.2, -0.15) is 5.26 Å². The van der Waals surface area contributed by atoms with Crippen molar-refractivity contribution < 1.29 is 4.79 Å². The summed E-state index contributed by atoms with van der Waals surface area (Å²) in [6, 6.07) is 13.1. The molecule has 2 N–H and O–H groups in total. The van der Waals surface area contributed by atoms with Gasteiger partial charge in [0.1, 0.15) is 10.6 Å². The highest BCUT2D eigenvalue weighted by Gasteiger charge is 2.08. The lowest BCUT2D eigenvalue weighted by Crippen LogP contribution is -2.12. The number of hydrogen-bond acceptors (Lipinski definition) is 5. The van der Waals surface area contributed by atoms with Gasteiger partial charge in [-0.1, -0.05) is 23.5 Å². The summed E-state index contributed by atoms with van der Waals surface area (Å²) in [4.78, 5) is 20.5. The summed E-state index contributed by atoms with van der Waals surface area (Å²) in [6.07, 6.45) is 2.21. The lowest BCUT2D eigenvalue weighted by molar-refractivity contribution is 0.102. The number of thiazole rings is 1. The lowest BCUT2D eigenvalue weighted by atomic mass is 10.1. The fraction of sp³-hybridized carbons (Fsp3) is 0.176. The second-order valence-corrected chi connectivity index (χ2v) is 6.89. The molecule has 3 rings (SSSR count). The van der Waals surface area contributed by atoms with Crippen molar-refractivity contribution in [1.29, 1.82) is 5.26 Å². The standard InChI is InChI=1S/C17H14N4OS2/c18-10-2-1-3-11-4-6-12(7-5-11)15(22)20-14-9-8-13-16(21-14)24-17(23)19-13/h4-9H,1-3H2,(H,19,23)(H,20,21,22). The van der Waals surface area contributed by atoms with Gasteiger partial charge in [-0.3, -0.25) is 4.79 Å². The van der Waals surface area contributed by atoms with Crippen molar-refractivity contribution in [2.45, 2.75) is 19.3 Å². The number of hydrogen-bond donors (Lipinski definition) is 2. The summed E-state index contributed by atoms with van der Waals surface area (Å²) in [5, 5.41) is 11.3. The van der Waals surface area contributed by atoms with Crippen molar-refractivity contribution in [3.63, 3.8) is 0 Å². The number of amides is 1. The first-order chi connectivity index (χ1) is 11.7. The number of benzene rings is 1. The van der Waals surface area contributed by atoms with Crippen molar-refractivity contribution >= 4 is 45.6 Å². The van der Waals surface area contributed by atoms with E-state index in [2.05, 4.69) is 21.4 Å². The normalized spacial score (nSPS) is 10.5. The molecule has 0 radical (unpaired) electrons. The van der Waals surface area contributed by atoms with Crippen LogP contribution in [-0.2, 0) is 6.42 Å². The van der Waals surface area contributed by atoms with E-state index in [0.717, 1.165) is 28.8 Å². The maximum Gasteiger partial charge on any atom is 0.256 e. The van der Waals surface area contributed by atoms with Gasteiger partial charge in [0.2, 0.25) is 0 Å². The summed E-state index contributed by atoms with van der Waals surface area (Å²) in [6.45, 7) is 0. The van der Waals surface area contributed by atoms with Crippen LogP contribution in [0.2, 0.25) is 0 Å². The predicted molar refractivity (Wildman–Crippen MR) is 97.8 cm³/mol. The van der Waals surface area contributed by atoms with Gasteiger partial charge in [-0.15, -0.1) is 0 Å². The molecule has 0 spiro atoms. The average Bonchev–Trinajstić information content (AvgIpc) is 2.95. The largest absolute Gasteiger partial charge is 0.336 e. The van der Waals surface area contributed by atoms with Crippen LogP contribution >= 0.6 is 23.6 Å². The van der Waals surface area contributed by atoms with Crippen molar-refractivity contribution in [3.05, 3.63) is 51.5 Å². The molecule has 0 saturated carbocycles. The minimum absolute atomic E-state index is 0.204. The third-order valence-corrected chi connectivity index (χ3v) is 4.64. The van der Waals surface area contributed by atoms with Gasteiger partial charge in [0, 0.05) is 12.0 Å². The quantitative estimate of drug-likeness (QED) is 0.524. The summed E-state index contributed by atoms with van der Waals surface area (Å²) in [5.41, 5.74) is 2.56. The number of anilines is 1. The molecular formula is C17H14N4OS2. The Hall–Kier alpha value is -2.56. The van der Waals surface area contributed by atoms with Crippen LogP contribution in [-0.4, -0.2) is 15.9 Å². The monoisotopic (exact) mass is 354 g/mol. The minimum Gasteiger partial charge on any atom is -0.336 e. The molecular weight excluding hydrogens is 340 g/mol. The Morgan fingerprint density at radius 3 is 2.83 bits per heavy atom.